The SMILES string of the molecule is CCn1nc(CNC(=O)CSc2nnc(C)o2)c2ccccc21. The van der Waals surface area contributed by atoms with Gasteiger partial charge in [0.25, 0.3) is 5.22 Å². The third-order valence-electron chi connectivity index (χ3n) is 3.32. The van der Waals surface area contributed by atoms with Gasteiger partial charge in [-0.1, -0.05) is 30.0 Å². The Hall–Kier alpha value is -2.35. The molecule has 0 radical (unpaired) electrons. The second-order valence-electron chi connectivity index (χ2n) is 4.93. The number of para-hydroxylation sites is 1. The number of aryl methyl sites for hydroxylation is 2. The lowest BCUT2D eigenvalue weighted by molar-refractivity contribution is -0.118. The Morgan fingerprint density at radius 1 is 1.35 bits per heavy atom. The van der Waals surface area contributed by atoms with Crippen molar-refractivity contribution in [1.29, 1.82) is 0 Å². The van der Waals surface area contributed by atoms with Crippen molar-refractivity contribution >= 4 is 28.6 Å². The van der Waals surface area contributed by atoms with Crippen molar-refractivity contribution in [3.8, 4) is 0 Å². The zero-order chi connectivity index (χ0) is 16.2. The molecule has 120 valence electrons. The van der Waals surface area contributed by atoms with Crippen LogP contribution in [0.15, 0.2) is 33.9 Å². The maximum atomic E-state index is 12.0. The van der Waals surface area contributed by atoms with E-state index in [0.29, 0.717) is 17.7 Å². The average Bonchev–Trinajstić information content (AvgIpc) is 3.14. The molecule has 0 fully saturated rings. The van der Waals surface area contributed by atoms with Crippen molar-refractivity contribution in [3.63, 3.8) is 0 Å². The number of fused-ring (bicyclic) bond motifs is 1. The highest BCUT2D eigenvalue weighted by Crippen LogP contribution is 2.18. The van der Waals surface area contributed by atoms with Gasteiger partial charge in [0.05, 0.1) is 23.5 Å². The topological polar surface area (TPSA) is 85.8 Å². The summed E-state index contributed by atoms with van der Waals surface area (Å²) < 4.78 is 7.15. The van der Waals surface area contributed by atoms with Crippen molar-refractivity contribution in [3.05, 3.63) is 35.9 Å². The molecule has 0 atom stereocenters. The minimum atomic E-state index is -0.0963. The van der Waals surface area contributed by atoms with E-state index >= 15 is 0 Å². The van der Waals surface area contributed by atoms with Gasteiger partial charge in [-0.05, 0) is 13.0 Å². The number of nitrogens with one attached hydrogen (secondary N) is 1. The van der Waals surface area contributed by atoms with E-state index in [9.17, 15) is 4.79 Å². The summed E-state index contributed by atoms with van der Waals surface area (Å²) in [6, 6.07) is 8.02. The van der Waals surface area contributed by atoms with Gasteiger partial charge in [0.15, 0.2) is 0 Å². The number of carbonyl (C=O) groups excluding carboxylic acids is 1. The Bertz CT molecular complexity index is 826. The van der Waals surface area contributed by atoms with Gasteiger partial charge in [0, 0.05) is 18.9 Å². The summed E-state index contributed by atoms with van der Waals surface area (Å²) in [7, 11) is 0. The maximum absolute atomic E-state index is 12.0. The molecule has 0 unspecified atom stereocenters. The maximum Gasteiger partial charge on any atom is 0.277 e. The Kier molecular flexibility index (Phi) is 4.61. The van der Waals surface area contributed by atoms with Crippen molar-refractivity contribution in [1.82, 2.24) is 25.3 Å². The number of carbonyl (C=O) groups is 1. The van der Waals surface area contributed by atoms with Crippen LogP contribution in [-0.4, -0.2) is 31.6 Å². The molecule has 2 heterocycles. The number of hydrogen-bond donors (Lipinski definition) is 1. The monoisotopic (exact) mass is 331 g/mol. The highest BCUT2D eigenvalue weighted by molar-refractivity contribution is 7.99. The first-order chi connectivity index (χ1) is 11.2. The number of amides is 1. The second kappa shape index (κ2) is 6.82. The van der Waals surface area contributed by atoms with Gasteiger partial charge >= 0.3 is 0 Å². The largest absolute Gasteiger partial charge is 0.416 e. The summed E-state index contributed by atoms with van der Waals surface area (Å²) in [4.78, 5) is 12.0. The minimum Gasteiger partial charge on any atom is -0.416 e. The molecule has 8 heteroatoms. The number of hydrogen-bond acceptors (Lipinski definition) is 6. The molecule has 7 nitrogen and oxygen atoms in total. The quantitative estimate of drug-likeness (QED) is 0.697. The second-order valence-corrected chi connectivity index (χ2v) is 5.86. The fraction of sp³-hybridized carbons (Fsp3) is 0.333. The summed E-state index contributed by atoms with van der Waals surface area (Å²) in [5.41, 5.74) is 1.95. The highest BCUT2D eigenvalue weighted by Gasteiger charge is 2.11. The average molecular weight is 331 g/mol. The molecule has 3 rings (SSSR count). The molecule has 1 aromatic carbocycles. The van der Waals surface area contributed by atoms with E-state index < -0.39 is 0 Å². The van der Waals surface area contributed by atoms with Gasteiger partial charge in [-0.3, -0.25) is 9.48 Å². The predicted molar refractivity (Wildman–Crippen MR) is 87.0 cm³/mol. The van der Waals surface area contributed by atoms with Crippen molar-refractivity contribution < 1.29 is 9.21 Å². The summed E-state index contributed by atoms with van der Waals surface area (Å²) in [5, 5.41) is 16.5. The normalized spacial score (nSPS) is 11.0. The van der Waals surface area contributed by atoms with E-state index in [1.54, 1.807) is 6.92 Å². The highest BCUT2D eigenvalue weighted by atomic mass is 32.2. The Balaban J connectivity index is 1.60. The molecule has 0 spiro atoms. The predicted octanol–water partition coefficient (Wildman–Crippen LogP) is 2.16. The van der Waals surface area contributed by atoms with Crippen LogP contribution < -0.4 is 5.32 Å². The van der Waals surface area contributed by atoms with Crippen LogP contribution in [0, 0.1) is 6.92 Å². The molecule has 0 bridgehead atoms. The van der Waals surface area contributed by atoms with Crippen LogP contribution in [0.5, 0.6) is 0 Å². The van der Waals surface area contributed by atoms with E-state index in [-0.39, 0.29) is 11.7 Å². The molecule has 1 N–H and O–H groups in total. The first kappa shape index (κ1) is 15.5. The van der Waals surface area contributed by atoms with E-state index in [0.717, 1.165) is 23.1 Å². The Morgan fingerprint density at radius 3 is 2.91 bits per heavy atom. The number of nitrogens with zero attached hydrogens (tertiary/aromatic N) is 4. The van der Waals surface area contributed by atoms with Gasteiger partial charge in [0.2, 0.25) is 11.8 Å². The van der Waals surface area contributed by atoms with Crippen LogP contribution in [0.3, 0.4) is 0 Å². The molecular weight excluding hydrogens is 314 g/mol. The molecule has 3 aromatic rings. The fourth-order valence-corrected chi connectivity index (χ4v) is 2.90. The lowest BCUT2D eigenvalue weighted by Crippen LogP contribution is -2.25. The third kappa shape index (κ3) is 3.53. The van der Waals surface area contributed by atoms with Crippen LogP contribution in [0.25, 0.3) is 10.9 Å². The van der Waals surface area contributed by atoms with Crippen molar-refractivity contribution in [2.75, 3.05) is 5.75 Å². The summed E-state index contributed by atoms with van der Waals surface area (Å²) in [6.07, 6.45) is 0. The molecule has 0 saturated carbocycles. The summed E-state index contributed by atoms with van der Waals surface area (Å²) in [5.74, 6) is 0.624. The van der Waals surface area contributed by atoms with Gasteiger partial charge in [-0.15, -0.1) is 10.2 Å². The molecule has 1 amide bonds. The smallest absolute Gasteiger partial charge is 0.277 e. The van der Waals surface area contributed by atoms with Gasteiger partial charge in [0.1, 0.15) is 0 Å². The van der Waals surface area contributed by atoms with E-state index in [2.05, 4.69) is 20.6 Å². The van der Waals surface area contributed by atoms with Crippen LogP contribution in [0.4, 0.5) is 0 Å². The van der Waals surface area contributed by atoms with Crippen molar-refractivity contribution in [2.45, 2.75) is 32.2 Å². The standard InChI is InChI=1S/C15H17N5O2S/c1-3-20-13-7-5-4-6-11(13)12(19-20)8-16-14(21)9-23-15-18-17-10(2)22-15/h4-7H,3,8-9H2,1-2H3,(H,16,21). The van der Waals surface area contributed by atoms with Crippen LogP contribution in [-0.2, 0) is 17.9 Å². The third-order valence-corrected chi connectivity index (χ3v) is 4.14. The molecule has 0 aliphatic rings. The molecule has 0 saturated heterocycles. The molecule has 2 aromatic heterocycles. The van der Waals surface area contributed by atoms with E-state index in [4.69, 9.17) is 4.42 Å². The molecule has 0 aliphatic heterocycles. The fourth-order valence-electron chi connectivity index (χ4n) is 2.27. The van der Waals surface area contributed by atoms with Crippen molar-refractivity contribution in [2.24, 2.45) is 0 Å². The van der Waals surface area contributed by atoms with Gasteiger partial charge in [-0.25, -0.2) is 0 Å². The lowest BCUT2D eigenvalue weighted by atomic mass is 10.2. The zero-order valence-corrected chi connectivity index (χ0v) is 13.8. The van der Waals surface area contributed by atoms with Crippen LogP contribution in [0.1, 0.15) is 18.5 Å². The van der Waals surface area contributed by atoms with E-state index in [1.165, 1.54) is 11.8 Å². The summed E-state index contributed by atoms with van der Waals surface area (Å²) >= 11 is 1.22. The minimum absolute atomic E-state index is 0.0963. The summed E-state index contributed by atoms with van der Waals surface area (Å²) in [6.45, 7) is 4.95. The van der Waals surface area contributed by atoms with Gasteiger partial charge < -0.3 is 9.73 Å². The lowest BCUT2D eigenvalue weighted by Gasteiger charge is -2.02. The Labute approximate surface area is 137 Å². The molecule has 23 heavy (non-hydrogen) atoms. The molecule has 0 aliphatic carbocycles. The first-order valence-corrected chi connectivity index (χ1v) is 8.30. The van der Waals surface area contributed by atoms with Crippen LogP contribution in [0.2, 0.25) is 0 Å². The number of rotatable bonds is 6. The number of aromatic nitrogens is 4. The van der Waals surface area contributed by atoms with Crippen LogP contribution >= 0.6 is 11.8 Å². The number of thioether (sulfide) groups is 1. The first-order valence-electron chi connectivity index (χ1n) is 7.31. The van der Waals surface area contributed by atoms with Gasteiger partial charge in [-0.2, -0.15) is 5.10 Å². The number of benzene rings is 1. The zero-order valence-electron chi connectivity index (χ0n) is 12.9. The molecular formula is C15H17N5O2S. The van der Waals surface area contributed by atoms with E-state index in [1.807, 2.05) is 35.9 Å². The Morgan fingerprint density at radius 2 is 2.17 bits per heavy atom.